The number of ether oxygens (including phenoxy) is 1. The van der Waals surface area contributed by atoms with Crippen LogP contribution in [0.5, 0.6) is 11.5 Å². The molecule has 6 nitrogen and oxygen atoms in total. The summed E-state index contributed by atoms with van der Waals surface area (Å²) in [6, 6.07) is 21.7. The summed E-state index contributed by atoms with van der Waals surface area (Å²) in [4.78, 5) is 12.8. The summed E-state index contributed by atoms with van der Waals surface area (Å²) in [5.74, 6) is 1.06. The molecule has 0 atom stereocenters. The van der Waals surface area contributed by atoms with Crippen LogP contribution >= 0.6 is 0 Å². The van der Waals surface area contributed by atoms with E-state index in [2.05, 4.69) is 5.32 Å². The van der Waals surface area contributed by atoms with Crippen LogP contribution < -0.4 is 14.4 Å². The lowest BCUT2D eigenvalue weighted by atomic mass is 9.98. The fourth-order valence-electron chi connectivity index (χ4n) is 3.36. The number of amides is 1. The van der Waals surface area contributed by atoms with E-state index in [1.54, 1.807) is 24.3 Å². The normalized spacial score (nSPS) is 11.3. The number of sulfonamides is 1. The van der Waals surface area contributed by atoms with E-state index in [1.165, 1.54) is 0 Å². The first-order chi connectivity index (χ1) is 15.1. The molecule has 0 aliphatic heterocycles. The number of para-hydroxylation sites is 2. The summed E-state index contributed by atoms with van der Waals surface area (Å²) < 4.78 is 31.8. The van der Waals surface area contributed by atoms with Gasteiger partial charge in [0, 0.05) is 5.69 Å². The number of benzene rings is 3. The lowest BCUT2D eigenvalue weighted by molar-refractivity contribution is -0.114. The van der Waals surface area contributed by atoms with E-state index >= 15 is 0 Å². The molecule has 0 aliphatic rings. The second-order valence-electron chi connectivity index (χ2n) is 7.92. The molecule has 0 saturated heterocycles. The second kappa shape index (κ2) is 9.87. The van der Waals surface area contributed by atoms with Crippen LogP contribution in [-0.2, 0) is 14.8 Å². The zero-order chi connectivity index (χ0) is 23.3. The van der Waals surface area contributed by atoms with Crippen LogP contribution in [0.2, 0.25) is 0 Å². The number of anilines is 2. The van der Waals surface area contributed by atoms with Crippen LogP contribution in [-0.4, -0.2) is 27.1 Å². The summed E-state index contributed by atoms with van der Waals surface area (Å²) >= 11 is 0. The lowest BCUT2D eigenvalue weighted by Crippen LogP contribution is -2.37. The molecule has 0 aliphatic carbocycles. The zero-order valence-electron chi connectivity index (χ0n) is 18.7. The number of rotatable bonds is 8. The summed E-state index contributed by atoms with van der Waals surface area (Å²) in [6.45, 7) is 5.68. The number of nitrogens with zero attached hydrogens (tertiary/aromatic N) is 1. The maximum atomic E-state index is 12.8. The SMILES string of the molecule is Cc1cccc(C(C)C)c1NC(=O)CN(c1ccc(Oc2ccccc2)cc1)S(C)(=O)=O. The van der Waals surface area contributed by atoms with E-state index in [9.17, 15) is 13.2 Å². The number of carbonyl (C=O) groups is 1. The minimum Gasteiger partial charge on any atom is -0.457 e. The third kappa shape index (κ3) is 5.88. The van der Waals surface area contributed by atoms with Crippen molar-refractivity contribution in [2.45, 2.75) is 26.7 Å². The molecular weight excluding hydrogens is 424 g/mol. The van der Waals surface area contributed by atoms with Crippen molar-refractivity contribution in [2.75, 3.05) is 22.4 Å². The smallest absolute Gasteiger partial charge is 0.245 e. The van der Waals surface area contributed by atoms with Gasteiger partial charge in [0.1, 0.15) is 18.0 Å². The van der Waals surface area contributed by atoms with Crippen LogP contribution in [0.25, 0.3) is 0 Å². The second-order valence-corrected chi connectivity index (χ2v) is 9.83. The Kier molecular flexibility index (Phi) is 7.20. The van der Waals surface area contributed by atoms with Crippen LogP contribution in [0.4, 0.5) is 11.4 Å². The predicted octanol–water partition coefficient (Wildman–Crippen LogP) is 5.32. The number of aryl methyl sites for hydroxylation is 1. The molecule has 32 heavy (non-hydrogen) atoms. The quantitative estimate of drug-likeness (QED) is 0.502. The van der Waals surface area contributed by atoms with Crippen molar-refractivity contribution in [3.63, 3.8) is 0 Å². The molecule has 0 spiro atoms. The Morgan fingerprint density at radius 1 is 0.938 bits per heavy atom. The van der Waals surface area contributed by atoms with Gasteiger partial charge in [-0.2, -0.15) is 0 Å². The Balaban J connectivity index is 1.79. The highest BCUT2D eigenvalue weighted by molar-refractivity contribution is 7.92. The van der Waals surface area contributed by atoms with Gasteiger partial charge in [0.05, 0.1) is 11.9 Å². The van der Waals surface area contributed by atoms with Crippen molar-refractivity contribution in [1.29, 1.82) is 0 Å². The number of hydrogen-bond acceptors (Lipinski definition) is 4. The maximum absolute atomic E-state index is 12.8. The molecule has 0 saturated carbocycles. The first-order valence-electron chi connectivity index (χ1n) is 10.3. The topological polar surface area (TPSA) is 75.7 Å². The van der Waals surface area contributed by atoms with Crippen LogP contribution in [0.3, 0.4) is 0 Å². The van der Waals surface area contributed by atoms with Crippen molar-refractivity contribution in [3.05, 3.63) is 83.9 Å². The van der Waals surface area contributed by atoms with Gasteiger partial charge >= 0.3 is 0 Å². The van der Waals surface area contributed by atoms with Crippen molar-refractivity contribution in [1.82, 2.24) is 0 Å². The molecule has 0 fully saturated rings. The third-order valence-electron chi connectivity index (χ3n) is 4.98. The molecular formula is C25H28N2O4S. The number of nitrogens with one attached hydrogen (secondary N) is 1. The molecule has 0 heterocycles. The molecule has 3 rings (SSSR count). The monoisotopic (exact) mass is 452 g/mol. The summed E-state index contributed by atoms with van der Waals surface area (Å²) in [6.07, 6.45) is 1.09. The number of carbonyl (C=O) groups excluding carboxylic acids is 1. The molecule has 1 N–H and O–H groups in total. The highest BCUT2D eigenvalue weighted by atomic mass is 32.2. The Bertz CT molecular complexity index is 1170. The van der Waals surface area contributed by atoms with Gasteiger partial charge in [-0.1, -0.05) is 50.2 Å². The minimum absolute atomic E-state index is 0.216. The van der Waals surface area contributed by atoms with Gasteiger partial charge in [-0.3, -0.25) is 9.10 Å². The lowest BCUT2D eigenvalue weighted by Gasteiger charge is -2.23. The van der Waals surface area contributed by atoms with Crippen LogP contribution in [0.15, 0.2) is 72.8 Å². The largest absolute Gasteiger partial charge is 0.457 e. The van der Waals surface area contributed by atoms with Crippen molar-refractivity contribution < 1.29 is 17.9 Å². The Morgan fingerprint density at radius 2 is 1.56 bits per heavy atom. The van der Waals surface area contributed by atoms with Crippen LogP contribution in [0, 0.1) is 6.92 Å². The summed E-state index contributed by atoms with van der Waals surface area (Å²) in [5, 5.41) is 2.91. The van der Waals surface area contributed by atoms with Gasteiger partial charge in [0.15, 0.2) is 0 Å². The molecule has 168 valence electrons. The predicted molar refractivity (Wildman–Crippen MR) is 129 cm³/mol. The Morgan fingerprint density at radius 3 is 2.16 bits per heavy atom. The van der Waals surface area contributed by atoms with Gasteiger partial charge < -0.3 is 10.1 Å². The average Bonchev–Trinajstić information content (AvgIpc) is 2.74. The molecule has 3 aromatic rings. The first-order valence-corrected chi connectivity index (χ1v) is 12.2. The molecule has 0 bridgehead atoms. The van der Waals surface area contributed by atoms with E-state index in [1.807, 2.05) is 69.3 Å². The molecule has 0 aromatic heterocycles. The fourth-order valence-corrected chi connectivity index (χ4v) is 4.21. The maximum Gasteiger partial charge on any atom is 0.245 e. The number of hydrogen-bond donors (Lipinski definition) is 1. The summed E-state index contributed by atoms with van der Waals surface area (Å²) in [5.41, 5.74) is 3.05. The Labute approximate surface area is 189 Å². The van der Waals surface area contributed by atoms with E-state index in [-0.39, 0.29) is 12.5 Å². The van der Waals surface area contributed by atoms with E-state index in [4.69, 9.17) is 4.74 Å². The summed E-state index contributed by atoms with van der Waals surface area (Å²) in [7, 11) is -3.68. The highest BCUT2D eigenvalue weighted by Crippen LogP contribution is 2.28. The standard InChI is InChI=1S/C25H28N2O4S/c1-18(2)23-12-8-9-19(3)25(23)26-24(28)17-27(32(4,29)30)20-13-15-22(16-14-20)31-21-10-6-5-7-11-21/h5-16,18H,17H2,1-4H3,(H,26,28). The fraction of sp³-hybridized carbons (Fsp3) is 0.240. The van der Waals surface area contributed by atoms with Crippen molar-refractivity contribution in [3.8, 4) is 11.5 Å². The molecule has 3 aromatic carbocycles. The van der Waals surface area contributed by atoms with E-state index in [0.29, 0.717) is 17.2 Å². The van der Waals surface area contributed by atoms with Gasteiger partial charge in [-0.05, 0) is 60.4 Å². The van der Waals surface area contributed by atoms with Gasteiger partial charge in [0.2, 0.25) is 15.9 Å². The van der Waals surface area contributed by atoms with Crippen molar-refractivity contribution in [2.24, 2.45) is 0 Å². The third-order valence-corrected chi connectivity index (χ3v) is 6.12. The van der Waals surface area contributed by atoms with Crippen molar-refractivity contribution >= 4 is 27.3 Å². The van der Waals surface area contributed by atoms with Crippen LogP contribution in [0.1, 0.15) is 30.9 Å². The molecule has 0 radical (unpaired) electrons. The molecule has 1 amide bonds. The van der Waals surface area contributed by atoms with E-state index < -0.39 is 15.9 Å². The molecule has 7 heteroatoms. The van der Waals surface area contributed by atoms with Gasteiger partial charge in [-0.15, -0.1) is 0 Å². The first kappa shape index (κ1) is 23.3. The zero-order valence-corrected chi connectivity index (χ0v) is 19.5. The highest BCUT2D eigenvalue weighted by Gasteiger charge is 2.22. The average molecular weight is 453 g/mol. The molecule has 0 unspecified atom stereocenters. The van der Waals surface area contributed by atoms with E-state index in [0.717, 1.165) is 27.4 Å². The minimum atomic E-state index is -3.68. The van der Waals surface area contributed by atoms with Gasteiger partial charge in [-0.25, -0.2) is 8.42 Å². The Hall–Kier alpha value is -3.32. The van der Waals surface area contributed by atoms with Gasteiger partial charge in [0.25, 0.3) is 0 Å².